The Bertz CT molecular complexity index is 857. The third-order valence-electron chi connectivity index (χ3n) is 5.26. The van der Waals surface area contributed by atoms with E-state index in [2.05, 4.69) is 59.0 Å². The molecule has 0 aliphatic heterocycles. The number of rotatable bonds is 7. The molecule has 1 atom stereocenters. The van der Waals surface area contributed by atoms with Crippen LogP contribution in [0.5, 0.6) is 5.75 Å². The van der Waals surface area contributed by atoms with Crippen molar-refractivity contribution < 1.29 is 19.5 Å². The van der Waals surface area contributed by atoms with Gasteiger partial charge in [0.15, 0.2) is 0 Å². The van der Waals surface area contributed by atoms with Gasteiger partial charge in [0.2, 0.25) is 0 Å². The van der Waals surface area contributed by atoms with Crippen molar-refractivity contribution in [2.24, 2.45) is 0 Å². The van der Waals surface area contributed by atoms with E-state index < -0.39 is 7.60 Å². The van der Waals surface area contributed by atoms with Crippen molar-refractivity contribution in [2.75, 3.05) is 6.29 Å². The molecule has 2 rings (SSSR count). The molecule has 0 heterocycles. The molecule has 0 aliphatic rings. The Kier molecular flexibility index (Phi) is 7.58. The van der Waals surface area contributed by atoms with E-state index in [1.54, 1.807) is 0 Å². The molecule has 2 aromatic rings. The highest BCUT2D eigenvalue weighted by Gasteiger charge is 2.28. The van der Waals surface area contributed by atoms with Crippen LogP contribution < -0.4 is 5.32 Å². The van der Waals surface area contributed by atoms with Crippen molar-refractivity contribution in [1.82, 2.24) is 5.32 Å². The van der Waals surface area contributed by atoms with Crippen LogP contribution in [0.1, 0.15) is 76.3 Å². The van der Waals surface area contributed by atoms with Crippen LogP contribution in [0, 0.1) is 0 Å². The lowest BCUT2D eigenvalue weighted by molar-refractivity contribution is 0.361. The minimum absolute atomic E-state index is 0.249. The first kappa shape index (κ1) is 24.6. The van der Waals surface area contributed by atoms with Crippen LogP contribution in [0.15, 0.2) is 42.5 Å². The van der Waals surface area contributed by atoms with Crippen LogP contribution in [0.25, 0.3) is 0 Å². The maximum atomic E-state index is 11.5. The average molecular weight is 434 g/mol. The van der Waals surface area contributed by atoms with Crippen LogP contribution in [0.2, 0.25) is 0 Å². The van der Waals surface area contributed by atoms with E-state index in [1.807, 2.05) is 30.3 Å². The van der Waals surface area contributed by atoms with Crippen LogP contribution in [-0.4, -0.2) is 21.2 Å². The molecule has 0 spiro atoms. The van der Waals surface area contributed by atoms with Crippen LogP contribution in [0.3, 0.4) is 0 Å². The number of aromatic hydroxyl groups is 1. The van der Waals surface area contributed by atoms with Gasteiger partial charge in [0.1, 0.15) is 5.75 Å². The van der Waals surface area contributed by atoms with Crippen LogP contribution >= 0.6 is 7.60 Å². The number of phenols is 1. The molecule has 30 heavy (non-hydrogen) atoms. The lowest BCUT2D eigenvalue weighted by Crippen LogP contribution is -2.25. The number of phenolic OH excluding ortho intramolecular Hbond substituents is 1. The molecule has 0 amide bonds. The summed E-state index contributed by atoms with van der Waals surface area (Å²) in [5.41, 5.74) is 3.25. The summed E-state index contributed by atoms with van der Waals surface area (Å²) in [6.07, 6.45) is 1.07. The smallest absolute Gasteiger partial charge is 0.339 e. The minimum Gasteiger partial charge on any atom is -0.507 e. The summed E-state index contributed by atoms with van der Waals surface area (Å²) in [6, 6.07) is 13.8. The lowest BCUT2D eigenvalue weighted by atomic mass is 9.77. The highest BCUT2D eigenvalue weighted by atomic mass is 31.2. The molecule has 0 saturated carbocycles. The first-order valence-electron chi connectivity index (χ1n) is 10.4. The van der Waals surface area contributed by atoms with E-state index in [-0.39, 0.29) is 23.2 Å². The first-order valence-corrected chi connectivity index (χ1v) is 12.2. The molecule has 4 N–H and O–H groups in total. The topological polar surface area (TPSA) is 89.8 Å². The second-order valence-corrected chi connectivity index (χ2v) is 11.7. The zero-order chi connectivity index (χ0) is 22.7. The molecule has 6 heteroatoms. The van der Waals surface area contributed by atoms with E-state index in [9.17, 15) is 19.5 Å². The summed E-state index contributed by atoms with van der Waals surface area (Å²) in [7, 11) is -4.19. The Morgan fingerprint density at radius 2 is 1.43 bits per heavy atom. The molecule has 0 fully saturated rings. The summed E-state index contributed by atoms with van der Waals surface area (Å²) in [5.74, 6) is 0.301. The Labute approximate surface area is 180 Å². The highest BCUT2D eigenvalue weighted by molar-refractivity contribution is 7.51. The van der Waals surface area contributed by atoms with Crippen LogP contribution in [0.4, 0.5) is 0 Å². The van der Waals surface area contributed by atoms with Crippen molar-refractivity contribution in [3.05, 3.63) is 64.7 Å². The van der Waals surface area contributed by atoms with Gasteiger partial charge in [-0.15, -0.1) is 0 Å². The zero-order valence-corrected chi connectivity index (χ0v) is 19.8. The summed E-state index contributed by atoms with van der Waals surface area (Å²) in [5, 5.41) is 14.1. The highest BCUT2D eigenvalue weighted by Crippen LogP contribution is 2.42. The van der Waals surface area contributed by atoms with E-state index >= 15 is 0 Å². The molecule has 5 nitrogen and oxygen atoms in total. The van der Waals surface area contributed by atoms with Gasteiger partial charge in [-0.05, 0) is 58.1 Å². The number of benzene rings is 2. The molecule has 0 radical (unpaired) electrons. The normalized spacial score (nSPS) is 14.0. The molecule has 2 aromatic carbocycles. The fourth-order valence-corrected chi connectivity index (χ4v) is 4.03. The van der Waals surface area contributed by atoms with Crippen molar-refractivity contribution in [3.8, 4) is 5.75 Å². The van der Waals surface area contributed by atoms with Crippen LogP contribution in [-0.2, 0) is 21.8 Å². The van der Waals surface area contributed by atoms with Crippen molar-refractivity contribution in [2.45, 2.75) is 71.3 Å². The molecule has 0 bridgehead atoms. The second-order valence-electron chi connectivity index (χ2n) is 10.1. The third kappa shape index (κ3) is 6.95. The predicted molar refractivity (Wildman–Crippen MR) is 123 cm³/mol. The molecule has 0 saturated heterocycles. The predicted octanol–water partition coefficient (Wildman–Crippen LogP) is 5.39. The van der Waals surface area contributed by atoms with Crippen molar-refractivity contribution >= 4 is 7.60 Å². The maximum Gasteiger partial charge on any atom is 0.339 e. The fourth-order valence-electron chi connectivity index (χ4n) is 3.57. The Hall–Kier alpha value is -1.65. The Morgan fingerprint density at radius 3 is 1.87 bits per heavy atom. The van der Waals surface area contributed by atoms with Gasteiger partial charge in [0.05, 0.1) is 6.29 Å². The summed E-state index contributed by atoms with van der Waals surface area (Å²) >= 11 is 0. The summed E-state index contributed by atoms with van der Waals surface area (Å²) in [6.45, 7) is 12.3. The van der Waals surface area contributed by atoms with Gasteiger partial charge in [-0.3, -0.25) is 9.88 Å². The van der Waals surface area contributed by atoms with Gasteiger partial charge in [-0.25, -0.2) is 0 Å². The fraction of sp³-hybridized carbons (Fsp3) is 0.500. The number of hydrogen-bond acceptors (Lipinski definition) is 3. The van der Waals surface area contributed by atoms with E-state index in [4.69, 9.17) is 0 Å². The maximum absolute atomic E-state index is 11.5. The monoisotopic (exact) mass is 433 g/mol. The number of aryl methyl sites for hydroxylation is 1. The van der Waals surface area contributed by atoms with Gasteiger partial charge >= 0.3 is 7.60 Å². The van der Waals surface area contributed by atoms with E-state index in [0.717, 1.165) is 23.1 Å². The molecule has 166 valence electrons. The summed E-state index contributed by atoms with van der Waals surface area (Å²) in [4.78, 5) is 18.8. The van der Waals surface area contributed by atoms with Gasteiger partial charge in [0.25, 0.3) is 0 Å². The van der Waals surface area contributed by atoms with Crippen molar-refractivity contribution in [1.29, 1.82) is 0 Å². The summed E-state index contributed by atoms with van der Waals surface area (Å²) < 4.78 is 11.5. The molecular formula is C24H36NO4P. The van der Waals surface area contributed by atoms with Gasteiger partial charge in [-0.2, -0.15) is 0 Å². The minimum atomic E-state index is -4.19. The molecular weight excluding hydrogens is 397 g/mol. The quantitative estimate of drug-likeness (QED) is 0.440. The second kappa shape index (κ2) is 9.23. The molecule has 1 unspecified atom stereocenters. The standard InChI is InChI=1S/C24H36NO4P/c1-23(2,3)19-14-18(15-20(22(19)26)24(4,5)6)21(25-16-30(27,28)29)13-12-17-10-8-7-9-11-17/h7-11,14-15,21,25-26H,12-13,16H2,1-6H3,(H2,27,28,29). The first-order chi connectivity index (χ1) is 13.7. The zero-order valence-electron chi connectivity index (χ0n) is 18.9. The third-order valence-corrected chi connectivity index (χ3v) is 5.85. The van der Waals surface area contributed by atoms with E-state index in [0.29, 0.717) is 12.2 Å². The molecule has 0 aliphatic carbocycles. The Balaban J connectivity index is 2.50. The van der Waals surface area contributed by atoms with Gasteiger partial charge < -0.3 is 14.9 Å². The average Bonchev–Trinajstić information content (AvgIpc) is 2.60. The van der Waals surface area contributed by atoms with Gasteiger partial charge in [-0.1, -0.05) is 71.9 Å². The Morgan fingerprint density at radius 1 is 0.933 bits per heavy atom. The lowest BCUT2D eigenvalue weighted by Gasteiger charge is -2.30. The van der Waals surface area contributed by atoms with Gasteiger partial charge in [0, 0.05) is 6.04 Å². The number of hydrogen-bond donors (Lipinski definition) is 4. The molecule has 0 aromatic heterocycles. The van der Waals surface area contributed by atoms with E-state index in [1.165, 1.54) is 5.56 Å². The van der Waals surface area contributed by atoms with Crippen molar-refractivity contribution in [3.63, 3.8) is 0 Å². The largest absolute Gasteiger partial charge is 0.507 e. The SMILES string of the molecule is CC(C)(C)c1cc(C(CCc2ccccc2)NCP(=O)(O)O)cc(C(C)(C)C)c1O. The number of nitrogens with one attached hydrogen (secondary N) is 1.